The van der Waals surface area contributed by atoms with Crippen LogP contribution in [0.2, 0.25) is 0 Å². The van der Waals surface area contributed by atoms with E-state index in [9.17, 15) is 5.11 Å². The van der Waals surface area contributed by atoms with E-state index in [4.69, 9.17) is 0 Å². The lowest BCUT2D eigenvalue weighted by Crippen LogP contribution is -2.33. The summed E-state index contributed by atoms with van der Waals surface area (Å²) in [6, 6.07) is 8.46. The van der Waals surface area contributed by atoms with Gasteiger partial charge in [0.25, 0.3) is 0 Å². The molecule has 96 valence electrons. The molecule has 1 rings (SSSR count). The third kappa shape index (κ3) is 4.70. The van der Waals surface area contributed by atoms with Crippen LogP contribution in [0.3, 0.4) is 0 Å². The molecule has 0 amide bonds. The summed E-state index contributed by atoms with van der Waals surface area (Å²) < 4.78 is 0. The van der Waals surface area contributed by atoms with Crippen LogP contribution in [-0.2, 0) is 6.54 Å². The van der Waals surface area contributed by atoms with E-state index in [1.54, 1.807) is 11.8 Å². The first-order valence-corrected chi connectivity index (χ1v) is 7.03. The predicted octanol–water partition coefficient (Wildman–Crippen LogP) is 2.91. The molecule has 0 radical (unpaired) electrons. The largest absolute Gasteiger partial charge is 0.389 e. The van der Waals surface area contributed by atoms with Crippen LogP contribution < -0.4 is 5.32 Å². The SMILES string of the molecule is CNCc1cccc(SCC(C)(O)C(C)C)c1. The minimum Gasteiger partial charge on any atom is -0.389 e. The molecule has 1 aromatic carbocycles. The second-order valence-electron chi connectivity index (χ2n) is 4.98. The maximum atomic E-state index is 10.2. The van der Waals surface area contributed by atoms with E-state index in [1.807, 2.05) is 14.0 Å². The summed E-state index contributed by atoms with van der Waals surface area (Å²) in [5.74, 6) is 1.00. The Morgan fingerprint density at radius 2 is 2.12 bits per heavy atom. The topological polar surface area (TPSA) is 32.3 Å². The second-order valence-corrected chi connectivity index (χ2v) is 6.03. The molecule has 1 unspecified atom stereocenters. The van der Waals surface area contributed by atoms with Gasteiger partial charge >= 0.3 is 0 Å². The molecule has 1 aromatic rings. The lowest BCUT2D eigenvalue weighted by atomic mass is 9.95. The van der Waals surface area contributed by atoms with Crippen molar-refractivity contribution in [1.29, 1.82) is 0 Å². The highest BCUT2D eigenvalue weighted by Gasteiger charge is 2.24. The average Bonchev–Trinajstić information content (AvgIpc) is 2.27. The molecule has 0 aliphatic carbocycles. The Kier molecular flexibility index (Phi) is 5.50. The van der Waals surface area contributed by atoms with Gasteiger partial charge in [0.1, 0.15) is 0 Å². The lowest BCUT2D eigenvalue weighted by Gasteiger charge is -2.27. The van der Waals surface area contributed by atoms with Crippen LogP contribution in [0.15, 0.2) is 29.2 Å². The molecule has 0 fully saturated rings. The van der Waals surface area contributed by atoms with Gasteiger partial charge in [-0.05, 0) is 37.6 Å². The van der Waals surface area contributed by atoms with E-state index >= 15 is 0 Å². The quantitative estimate of drug-likeness (QED) is 0.765. The molecule has 3 heteroatoms. The molecule has 0 aliphatic heterocycles. The van der Waals surface area contributed by atoms with Crippen LogP contribution in [0.25, 0.3) is 0 Å². The smallest absolute Gasteiger partial charge is 0.0736 e. The van der Waals surface area contributed by atoms with Crippen molar-refractivity contribution >= 4 is 11.8 Å². The summed E-state index contributed by atoms with van der Waals surface area (Å²) in [4.78, 5) is 1.22. The molecule has 2 N–H and O–H groups in total. The Bertz CT molecular complexity index is 350. The van der Waals surface area contributed by atoms with Gasteiger partial charge in [0.05, 0.1) is 5.60 Å². The van der Waals surface area contributed by atoms with Gasteiger partial charge in [-0.1, -0.05) is 26.0 Å². The van der Waals surface area contributed by atoms with E-state index in [1.165, 1.54) is 10.5 Å². The molecule has 0 saturated heterocycles. The first kappa shape index (κ1) is 14.6. The molecular formula is C14H23NOS. The summed E-state index contributed by atoms with van der Waals surface area (Å²) in [6.45, 7) is 6.90. The monoisotopic (exact) mass is 253 g/mol. The van der Waals surface area contributed by atoms with E-state index in [0.29, 0.717) is 0 Å². The predicted molar refractivity (Wildman–Crippen MR) is 75.4 cm³/mol. The molecule has 17 heavy (non-hydrogen) atoms. The fourth-order valence-corrected chi connectivity index (χ4v) is 2.55. The van der Waals surface area contributed by atoms with Crippen molar-refractivity contribution in [2.24, 2.45) is 5.92 Å². The van der Waals surface area contributed by atoms with Gasteiger partial charge in [0.2, 0.25) is 0 Å². The van der Waals surface area contributed by atoms with E-state index in [2.05, 4.69) is 43.4 Å². The van der Waals surface area contributed by atoms with Crippen LogP contribution in [0.1, 0.15) is 26.3 Å². The van der Waals surface area contributed by atoms with Gasteiger partial charge in [-0.25, -0.2) is 0 Å². The molecule has 2 nitrogen and oxygen atoms in total. The van der Waals surface area contributed by atoms with E-state index in [-0.39, 0.29) is 5.92 Å². The molecule has 0 aromatic heterocycles. The Morgan fingerprint density at radius 3 is 2.71 bits per heavy atom. The van der Waals surface area contributed by atoms with E-state index in [0.717, 1.165) is 12.3 Å². The number of hydrogen-bond donors (Lipinski definition) is 2. The van der Waals surface area contributed by atoms with Crippen molar-refractivity contribution in [2.75, 3.05) is 12.8 Å². The lowest BCUT2D eigenvalue weighted by molar-refractivity contribution is 0.0376. The number of hydrogen-bond acceptors (Lipinski definition) is 3. The molecule has 1 atom stereocenters. The number of aliphatic hydroxyl groups is 1. The van der Waals surface area contributed by atoms with Crippen LogP contribution in [0.4, 0.5) is 0 Å². The molecule has 0 spiro atoms. The Labute approximate surface area is 109 Å². The van der Waals surface area contributed by atoms with Gasteiger partial charge in [-0.15, -0.1) is 11.8 Å². The zero-order chi connectivity index (χ0) is 12.9. The summed E-state index contributed by atoms with van der Waals surface area (Å²) in [7, 11) is 1.95. The maximum absolute atomic E-state index is 10.2. The van der Waals surface area contributed by atoms with Crippen molar-refractivity contribution in [2.45, 2.75) is 37.8 Å². The Balaban J connectivity index is 2.60. The van der Waals surface area contributed by atoms with Gasteiger partial charge < -0.3 is 10.4 Å². The van der Waals surface area contributed by atoms with Crippen molar-refractivity contribution in [1.82, 2.24) is 5.32 Å². The summed E-state index contributed by atoms with van der Waals surface area (Å²) >= 11 is 1.72. The van der Waals surface area contributed by atoms with Crippen molar-refractivity contribution in [3.05, 3.63) is 29.8 Å². The van der Waals surface area contributed by atoms with Crippen molar-refractivity contribution < 1.29 is 5.11 Å². The zero-order valence-corrected chi connectivity index (χ0v) is 12.0. The first-order chi connectivity index (χ1) is 7.95. The highest BCUT2D eigenvalue weighted by Crippen LogP contribution is 2.27. The minimum atomic E-state index is -0.607. The van der Waals surface area contributed by atoms with Gasteiger partial charge in [-0.3, -0.25) is 0 Å². The highest BCUT2D eigenvalue weighted by molar-refractivity contribution is 7.99. The highest BCUT2D eigenvalue weighted by atomic mass is 32.2. The van der Waals surface area contributed by atoms with Gasteiger partial charge in [0.15, 0.2) is 0 Å². The van der Waals surface area contributed by atoms with Crippen LogP contribution in [0, 0.1) is 5.92 Å². The second kappa shape index (κ2) is 6.43. The van der Waals surface area contributed by atoms with Crippen LogP contribution in [-0.4, -0.2) is 23.5 Å². The first-order valence-electron chi connectivity index (χ1n) is 6.04. The molecular weight excluding hydrogens is 230 g/mol. The maximum Gasteiger partial charge on any atom is 0.0736 e. The molecule has 0 bridgehead atoms. The summed E-state index contributed by atoms with van der Waals surface area (Å²) in [5.41, 5.74) is 0.672. The molecule has 0 heterocycles. The van der Waals surface area contributed by atoms with Crippen molar-refractivity contribution in [3.63, 3.8) is 0 Å². The fourth-order valence-electron chi connectivity index (χ4n) is 1.35. The Morgan fingerprint density at radius 1 is 1.41 bits per heavy atom. The third-order valence-corrected chi connectivity index (χ3v) is 4.37. The zero-order valence-electron chi connectivity index (χ0n) is 11.2. The van der Waals surface area contributed by atoms with Gasteiger partial charge in [-0.2, -0.15) is 0 Å². The van der Waals surface area contributed by atoms with Crippen LogP contribution >= 0.6 is 11.8 Å². The van der Waals surface area contributed by atoms with Crippen molar-refractivity contribution in [3.8, 4) is 0 Å². The molecule has 0 saturated carbocycles. The standard InChI is InChI=1S/C14H23NOS/c1-11(2)14(3,16)10-17-13-7-5-6-12(8-13)9-15-4/h5-8,11,15-16H,9-10H2,1-4H3. The normalized spacial score (nSPS) is 14.9. The van der Waals surface area contributed by atoms with Crippen LogP contribution in [0.5, 0.6) is 0 Å². The van der Waals surface area contributed by atoms with E-state index < -0.39 is 5.60 Å². The summed E-state index contributed by atoms with van der Waals surface area (Å²) in [5, 5.41) is 13.3. The number of rotatable bonds is 6. The number of nitrogens with one attached hydrogen (secondary N) is 1. The average molecular weight is 253 g/mol. The third-order valence-electron chi connectivity index (χ3n) is 3.05. The number of benzene rings is 1. The minimum absolute atomic E-state index is 0.274. The Hall–Kier alpha value is -0.510. The summed E-state index contributed by atoms with van der Waals surface area (Å²) in [6.07, 6.45) is 0. The fraction of sp³-hybridized carbons (Fsp3) is 0.571. The molecule has 0 aliphatic rings. The number of thioether (sulfide) groups is 1. The van der Waals surface area contributed by atoms with Gasteiger partial charge in [0, 0.05) is 17.2 Å².